The van der Waals surface area contributed by atoms with Crippen molar-refractivity contribution in [3.05, 3.63) is 71.5 Å². The van der Waals surface area contributed by atoms with Crippen molar-refractivity contribution in [1.29, 1.82) is 0 Å². The number of pyridine rings is 1. The van der Waals surface area contributed by atoms with Crippen LogP contribution >= 0.6 is 27.7 Å². The first-order valence-electron chi connectivity index (χ1n) is 8.28. The summed E-state index contributed by atoms with van der Waals surface area (Å²) in [5, 5.41) is 2.64. The molecular formula is C19H16BrN3O2S2. The van der Waals surface area contributed by atoms with Crippen LogP contribution in [-0.4, -0.2) is 30.1 Å². The molecule has 2 heterocycles. The fourth-order valence-corrected chi connectivity index (χ4v) is 5.81. The lowest BCUT2D eigenvalue weighted by Gasteiger charge is -2.10. The molecule has 8 heteroatoms. The van der Waals surface area contributed by atoms with Gasteiger partial charge in [0.05, 0.1) is 16.1 Å². The minimum Gasteiger partial charge on any atom is -0.281 e. The van der Waals surface area contributed by atoms with Crippen LogP contribution in [0.3, 0.4) is 0 Å². The second-order valence-electron chi connectivity index (χ2n) is 5.86. The van der Waals surface area contributed by atoms with Gasteiger partial charge in [-0.1, -0.05) is 42.5 Å². The van der Waals surface area contributed by atoms with Crippen LogP contribution in [0.25, 0.3) is 16.4 Å². The van der Waals surface area contributed by atoms with E-state index in [0.717, 1.165) is 26.0 Å². The van der Waals surface area contributed by atoms with Crippen molar-refractivity contribution >= 4 is 54.1 Å². The molecule has 0 amide bonds. The van der Waals surface area contributed by atoms with Crippen LogP contribution in [-0.2, 0) is 10.0 Å². The Balaban J connectivity index is 1.47. The van der Waals surface area contributed by atoms with Crippen LogP contribution in [0.5, 0.6) is 0 Å². The SMILES string of the molecule is O=S(=O)(NCCSc1cccc2ncc(Br)n12)c1cccc2ccccc12. The molecule has 0 aliphatic heterocycles. The number of aromatic nitrogens is 2. The monoisotopic (exact) mass is 461 g/mol. The lowest BCUT2D eigenvalue weighted by atomic mass is 10.1. The van der Waals surface area contributed by atoms with E-state index < -0.39 is 10.0 Å². The molecule has 5 nitrogen and oxygen atoms in total. The number of rotatable bonds is 6. The Bertz CT molecular complexity index is 1220. The third-order valence-corrected chi connectivity index (χ3v) is 7.24. The largest absolute Gasteiger partial charge is 0.281 e. The molecule has 0 aliphatic rings. The molecule has 0 spiro atoms. The molecule has 2 aromatic heterocycles. The molecule has 4 aromatic rings. The van der Waals surface area contributed by atoms with Gasteiger partial charge in [0.15, 0.2) is 0 Å². The van der Waals surface area contributed by atoms with E-state index in [1.807, 2.05) is 52.9 Å². The number of thioether (sulfide) groups is 1. The summed E-state index contributed by atoms with van der Waals surface area (Å²) in [6.07, 6.45) is 1.75. The van der Waals surface area contributed by atoms with E-state index in [2.05, 4.69) is 25.6 Å². The van der Waals surface area contributed by atoms with Gasteiger partial charge in [0.2, 0.25) is 10.0 Å². The van der Waals surface area contributed by atoms with Crippen molar-refractivity contribution in [2.75, 3.05) is 12.3 Å². The van der Waals surface area contributed by atoms with E-state index in [1.54, 1.807) is 30.1 Å². The summed E-state index contributed by atoms with van der Waals surface area (Å²) in [5.74, 6) is 0.605. The smallest absolute Gasteiger partial charge is 0.241 e. The first-order valence-corrected chi connectivity index (χ1v) is 11.5. The number of nitrogens with zero attached hydrogens (tertiary/aromatic N) is 2. The molecule has 0 atom stereocenters. The molecule has 0 aliphatic carbocycles. The van der Waals surface area contributed by atoms with Crippen molar-refractivity contribution in [3.63, 3.8) is 0 Å². The van der Waals surface area contributed by atoms with E-state index in [1.165, 1.54) is 0 Å². The Kier molecular flexibility index (Phi) is 5.23. The standard InChI is InChI=1S/C19H16BrN3O2S2/c20-17-13-21-18-9-4-10-19(23(17)18)26-12-11-22-27(24,25)16-8-3-6-14-5-1-2-7-15(14)16/h1-10,13,22H,11-12H2. The predicted molar refractivity (Wildman–Crippen MR) is 113 cm³/mol. The third-order valence-electron chi connectivity index (χ3n) is 4.13. The van der Waals surface area contributed by atoms with Crippen molar-refractivity contribution in [2.45, 2.75) is 9.92 Å². The number of imidazole rings is 1. The quantitative estimate of drug-likeness (QED) is 0.343. The molecule has 0 fully saturated rings. The molecular weight excluding hydrogens is 446 g/mol. The zero-order chi connectivity index (χ0) is 18.9. The molecule has 0 unspecified atom stereocenters. The van der Waals surface area contributed by atoms with Crippen LogP contribution in [0.4, 0.5) is 0 Å². The van der Waals surface area contributed by atoms with Crippen LogP contribution in [0, 0.1) is 0 Å². The minimum absolute atomic E-state index is 0.310. The number of fused-ring (bicyclic) bond motifs is 2. The minimum atomic E-state index is -3.57. The maximum absolute atomic E-state index is 12.7. The van der Waals surface area contributed by atoms with Crippen LogP contribution in [0.2, 0.25) is 0 Å². The highest BCUT2D eigenvalue weighted by atomic mass is 79.9. The van der Waals surface area contributed by atoms with Gasteiger partial charge in [-0.25, -0.2) is 18.1 Å². The van der Waals surface area contributed by atoms with E-state index in [9.17, 15) is 8.42 Å². The maximum atomic E-state index is 12.7. The topological polar surface area (TPSA) is 63.5 Å². The maximum Gasteiger partial charge on any atom is 0.241 e. The average molecular weight is 462 g/mol. The molecule has 2 aromatic carbocycles. The summed E-state index contributed by atoms with van der Waals surface area (Å²) < 4.78 is 31.1. The van der Waals surface area contributed by atoms with Crippen molar-refractivity contribution in [1.82, 2.24) is 14.1 Å². The molecule has 4 rings (SSSR count). The molecule has 0 saturated carbocycles. The first kappa shape index (κ1) is 18.5. The van der Waals surface area contributed by atoms with Crippen molar-refractivity contribution < 1.29 is 8.42 Å². The summed E-state index contributed by atoms with van der Waals surface area (Å²) >= 11 is 5.06. The lowest BCUT2D eigenvalue weighted by molar-refractivity contribution is 0.585. The van der Waals surface area contributed by atoms with E-state index in [0.29, 0.717) is 17.2 Å². The van der Waals surface area contributed by atoms with E-state index in [4.69, 9.17) is 0 Å². The summed E-state index contributed by atoms with van der Waals surface area (Å²) in [6, 6.07) is 18.7. The molecule has 1 N–H and O–H groups in total. The van der Waals surface area contributed by atoms with Gasteiger partial charge in [-0.3, -0.25) is 4.40 Å². The number of sulfonamides is 1. The van der Waals surface area contributed by atoms with Gasteiger partial charge < -0.3 is 0 Å². The first-order chi connectivity index (χ1) is 13.1. The van der Waals surface area contributed by atoms with Gasteiger partial charge in [-0.15, -0.1) is 11.8 Å². The van der Waals surface area contributed by atoms with Crippen molar-refractivity contribution in [2.24, 2.45) is 0 Å². The van der Waals surface area contributed by atoms with Crippen LogP contribution < -0.4 is 4.72 Å². The number of hydrogen-bond donors (Lipinski definition) is 1. The number of nitrogens with one attached hydrogen (secondary N) is 1. The number of hydrogen-bond acceptors (Lipinski definition) is 4. The van der Waals surface area contributed by atoms with Crippen LogP contribution in [0.1, 0.15) is 0 Å². The van der Waals surface area contributed by atoms with Gasteiger partial charge in [0, 0.05) is 17.7 Å². The Hall–Kier alpha value is -1.87. The summed E-state index contributed by atoms with van der Waals surface area (Å²) in [4.78, 5) is 4.62. The second kappa shape index (κ2) is 7.63. The molecule has 0 bridgehead atoms. The fraction of sp³-hybridized carbons (Fsp3) is 0.105. The number of benzene rings is 2. The van der Waals surface area contributed by atoms with E-state index in [-0.39, 0.29) is 0 Å². The summed E-state index contributed by atoms with van der Waals surface area (Å²) in [7, 11) is -3.57. The van der Waals surface area contributed by atoms with Gasteiger partial charge in [-0.2, -0.15) is 0 Å². The van der Waals surface area contributed by atoms with Crippen LogP contribution in [0.15, 0.2) is 81.4 Å². The van der Waals surface area contributed by atoms with E-state index >= 15 is 0 Å². The zero-order valence-electron chi connectivity index (χ0n) is 14.2. The molecule has 27 heavy (non-hydrogen) atoms. The number of halogens is 1. The Labute approximate surface area is 170 Å². The summed E-state index contributed by atoms with van der Waals surface area (Å²) in [6.45, 7) is 0.332. The Morgan fingerprint density at radius 3 is 2.70 bits per heavy atom. The second-order valence-corrected chi connectivity index (χ2v) is 9.53. The molecule has 0 saturated heterocycles. The zero-order valence-corrected chi connectivity index (χ0v) is 17.4. The van der Waals surface area contributed by atoms with Gasteiger partial charge in [-0.05, 0) is 39.5 Å². The Morgan fingerprint density at radius 1 is 1.04 bits per heavy atom. The molecule has 138 valence electrons. The normalized spacial score (nSPS) is 12.0. The predicted octanol–water partition coefficient (Wildman–Crippen LogP) is 4.32. The van der Waals surface area contributed by atoms with Gasteiger partial charge >= 0.3 is 0 Å². The highest BCUT2D eigenvalue weighted by molar-refractivity contribution is 9.10. The van der Waals surface area contributed by atoms with Gasteiger partial charge in [0.1, 0.15) is 10.3 Å². The highest BCUT2D eigenvalue weighted by Gasteiger charge is 2.16. The van der Waals surface area contributed by atoms with Gasteiger partial charge in [0.25, 0.3) is 0 Å². The third kappa shape index (κ3) is 3.75. The average Bonchev–Trinajstić information content (AvgIpc) is 3.06. The Morgan fingerprint density at radius 2 is 1.81 bits per heavy atom. The fourth-order valence-electron chi connectivity index (χ4n) is 2.92. The summed E-state index contributed by atoms with van der Waals surface area (Å²) in [5.41, 5.74) is 0.850. The molecule has 0 radical (unpaired) electrons. The lowest BCUT2D eigenvalue weighted by Crippen LogP contribution is -2.26. The van der Waals surface area contributed by atoms with Crippen molar-refractivity contribution in [3.8, 4) is 0 Å². The highest BCUT2D eigenvalue weighted by Crippen LogP contribution is 2.25.